The van der Waals surface area contributed by atoms with Crippen LogP contribution in [0.3, 0.4) is 0 Å². The molecule has 19 heavy (non-hydrogen) atoms. The van der Waals surface area contributed by atoms with Gasteiger partial charge in [-0.05, 0) is 39.7 Å². The SMILES string of the molecule is COC1CCC(CN)(N(C)Cc2csc(C)n2)CC1. The summed E-state index contributed by atoms with van der Waals surface area (Å²) in [5.41, 5.74) is 7.36. The lowest BCUT2D eigenvalue weighted by Crippen LogP contribution is -2.54. The lowest BCUT2D eigenvalue weighted by molar-refractivity contribution is 0.000157. The van der Waals surface area contributed by atoms with Crippen LogP contribution in [0.25, 0.3) is 0 Å². The Kier molecular flexibility index (Phi) is 4.95. The van der Waals surface area contributed by atoms with Gasteiger partial charge in [-0.3, -0.25) is 4.90 Å². The van der Waals surface area contributed by atoms with Gasteiger partial charge in [0, 0.05) is 31.1 Å². The van der Waals surface area contributed by atoms with Crippen molar-refractivity contribution >= 4 is 11.3 Å². The highest BCUT2D eigenvalue weighted by atomic mass is 32.1. The molecule has 0 atom stereocenters. The van der Waals surface area contributed by atoms with E-state index in [-0.39, 0.29) is 5.54 Å². The van der Waals surface area contributed by atoms with Gasteiger partial charge in [0.1, 0.15) is 0 Å². The molecule has 1 aromatic rings. The van der Waals surface area contributed by atoms with Crippen LogP contribution in [0.1, 0.15) is 36.4 Å². The van der Waals surface area contributed by atoms with Gasteiger partial charge in [0.15, 0.2) is 0 Å². The maximum absolute atomic E-state index is 6.08. The first kappa shape index (κ1) is 14.9. The van der Waals surface area contributed by atoms with Crippen LogP contribution in [0.5, 0.6) is 0 Å². The molecule has 2 N–H and O–H groups in total. The lowest BCUT2D eigenvalue weighted by atomic mass is 9.79. The molecule has 0 unspecified atom stereocenters. The topological polar surface area (TPSA) is 51.4 Å². The zero-order valence-electron chi connectivity index (χ0n) is 12.2. The summed E-state index contributed by atoms with van der Waals surface area (Å²) >= 11 is 1.71. The molecule has 1 aromatic heterocycles. The highest BCUT2D eigenvalue weighted by Gasteiger charge is 2.37. The third kappa shape index (κ3) is 3.34. The van der Waals surface area contributed by atoms with E-state index in [0.29, 0.717) is 12.6 Å². The molecule has 0 saturated heterocycles. The number of aromatic nitrogens is 1. The minimum atomic E-state index is 0.118. The van der Waals surface area contributed by atoms with Gasteiger partial charge in [0.2, 0.25) is 0 Å². The summed E-state index contributed by atoms with van der Waals surface area (Å²) in [6, 6.07) is 0. The van der Waals surface area contributed by atoms with Gasteiger partial charge in [0.05, 0.1) is 16.8 Å². The normalized spacial score (nSPS) is 27.9. The Labute approximate surface area is 120 Å². The predicted octanol–water partition coefficient (Wildman–Crippen LogP) is 2.17. The summed E-state index contributed by atoms with van der Waals surface area (Å²) in [5, 5.41) is 3.28. The number of aryl methyl sites for hydroxylation is 1. The third-order valence-electron chi connectivity index (χ3n) is 4.45. The molecule has 0 aromatic carbocycles. The Morgan fingerprint density at radius 2 is 2.21 bits per heavy atom. The molecule has 1 fully saturated rings. The minimum absolute atomic E-state index is 0.118. The maximum Gasteiger partial charge on any atom is 0.0897 e. The molecular formula is C14H25N3OS. The summed E-state index contributed by atoms with van der Waals surface area (Å²) in [7, 11) is 3.98. The van der Waals surface area contributed by atoms with Gasteiger partial charge in [0.25, 0.3) is 0 Å². The van der Waals surface area contributed by atoms with Crippen molar-refractivity contribution in [1.29, 1.82) is 0 Å². The molecule has 0 spiro atoms. The highest BCUT2D eigenvalue weighted by molar-refractivity contribution is 7.09. The van der Waals surface area contributed by atoms with Crippen LogP contribution in [-0.4, -0.2) is 42.2 Å². The summed E-state index contributed by atoms with van der Waals surface area (Å²) < 4.78 is 5.46. The molecule has 1 heterocycles. The van der Waals surface area contributed by atoms with Crippen molar-refractivity contribution in [3.8, 4) is 0 Å². The Balaban J connectivity index is 2.00. The van der Waals surface area contributed by atoms with E-state index in [1.165, 1.54) is 0 Å². The first-order chi connectivity index (χ1) is 9.09. The van der Waals surface area contributed by atoms with Crippen LogP contribution in [0.15, 0.2) is 5.38 Å². The molecule has 0 aliphatic heterocycles. The first-order valence-electron chi connectivity index (χ1n) is 6.95. The van der Waals surface area contributed by atoms with E-state index in [1.807, 2.05) is 7.11 Å². The standard InChI is InChI=1S/C14H25N3OS/c1-11-16-12(9-19-11)8-17(2)14(10-15)6-4-13(18-3)5-7-14/h9,13H,4-8,10,15H2,1-3H3. The van der Waals surface area contributed by atoms with E-state index >= 15 is 0 Å². The predicted molar refractivity (Wildman–Crippen MR) is 79.4 cm³/mol. The molecule has 0 radical (unpaired) electrons. The van der Waals surface area contributed by atoms with Gasteiger partial charge in [-0.15, -0.1) is 11.3 Å². The van der Waals surface area contributed by atoms with Crippen molar-refractivity contribution in [1.82, 2.24) is 9.88 Å². The molecule has 1 aliphatic rings. The number of hydrogen-bond donors (Lipinski definition) is 1. The highest BCUT2D eigenvalue weighted by Crippen LogP contribution is 2.34. The zero-order valence-corrected chi connectivity index (χ0v) is 13.0. The second-order valence-electron chi connectivity index (χ2n) is 5.58. The van der Waals surface area contributed by atoms with Crippen molar-refractivity contribution in [2.24, 2.45) is 5.73 Å². The van der Waals surface area contributed by atoms with Crippen LogP contribution in [-0.2, 0) is 11.3 Å². The molecule has 1 aliphatic carbocycles. The van der Waals surface area contributed by atoms with E-state index < -0.39 is 0 Å². The van der Waals surface area contributed by atoms with Crippen LogP contribution < -0.4 is 5.73 Å². The van der Waals surface area contributed by atoms with Gasteiger partial charge in [-0.1, -0.05) is 0 Å². The monoisotopic (exact) mass is 283 g/mol. The number of hydrogen-bond acceptors (Lipinski definition) is 5. The van der Waals surface area contributed by atoms with Crippen LogP contribution in [0.2, 0.25) is 0 Å². The van der Waals surface area contributed by atoms with Crippen molar-refractivity contribution in [2.45, 2.75) is 50.8 Å². The third-order valence-corrected chi connectivity index (χ3v) is 5.27. The molecule has 108 valence electrons. The first-order valence-corrected chi connectivity index (χ1v) is 7.83. The summed E-state index contributed by atoms with van der Waals surface area (Å²) in [6.07, 6.45) is 4.85. The van der Waals surface area contributed by atoms with Gasteiger partial charge in [-0.25, -0.2) is 4.98 Å². The van der Waals surface area contributed by atoms with Crippen molar-refractivity contribution in [3.63, 3.8) is 0 Å². The smallest absolute Gasteiger partial charge is 0.0897 e. The number of ether oxygens (including phenoxy) is 1. The molecule has 2 rings (SSSR count). The van der Waals surface area contributed by atoms with Crippen molar-refractivity contribution in [2.75, 3.05) is 20.7 Å². The number of methoxy groups -OCH3 is 1. The zero-order chi connectivity index (χ0) is 13.9. The number of nitrogens with zero attached hydrogens (tertiary/aromatic N) is 2. The van der Waals surface area contributed by atoms with E-state index in [9.17, 15) is 0 Å². The second-order valence-corrected chi connectivity index (χ2v) is 6.64. The van der Waals surface area contributed by atoms with E-state index in [4.69, 9.17) is 10.5 Å². The van der Waals surface area contributed by atoms with E-state index in [0.717, 1.165) is 42.9 Å². The Bertz CT molecular complexity index is 399. The quantitative estimate of drug-likeness (QED) is 0.900. The lowest BCUT2D eigenvalue weighted by Gasteiger charge is -2.45. The van der Waals surface area contributed by atoms with Crippen molar-refractivity contribution in [3.05, 3.63) is 16.1 Å². The average Bonchev–Trinajstić information content (AvgIpc) is 2.84. The average molecular weight is 283 g/mol. The fourth-order valence-electron chi connectivity index (χ4n) is 3.00. The minimum Gasteiger partial charge on any atom is -0.381 e. The van der Waals surface area contributed by atoms with E-state index in [1.54, 1.807) is 11.3 Å². The van der Waals surface area contributed by atoms with Gasteiger partial charge < -0.3 is 10.5 Å². The Morgan fingerprint density at radius 1 is 1.53 bits per heavy atom. The molecule has 0 bridgehead atoms. The molecule has 1 saturated carbocycles. The largest absolute Gasteiger partial charge is 0.381 e. The van der Waals surface area contributed by atoms with Crippen LogP contribution >= 0.6 is 11.3 Å². The number of nitrogens with two attached hydrogens (primary N) is 1. The summed E-state index contributed by atoms with van der Waals surface area (Å²) in [5.74, 6) is 0. The fourth-order valence-corrected chi connectivity index (χ4v) is 3.60. The van der Waals surface area contributed by atoms with Gasteiger partial charge >= 0.3 is 0 Å². The summed E-state index contributed by atoms with van der Waals surface area (Å²) in [4.78, 5) is 6.95. The molecule has 4 nitrogen and oxygen atoms in total. The number of thiazole rings is 1. The van der Waals surface area contributed by atoms with Crippen molar-refractivity contribution < 1.29 is 4.74 Å². The number of likely N-dealkylation sites (N-methyl/N-ethyl adjacent to an activating group) is 1. The van der Waals surface area contributed by atoms with Crippen LogP contribution in [0, 0.1) is 6.92 Å². The molecule has 5 heteroatoms. The maximum atomic E-state index is 6.08. The Morgan fingerprint density at radius 3 is 2.68 bits per heavy atom. The Hall–Kier alpha value is -0.490. The second kappa shape index (κ2) is 6.31. The fraction of sp³-hybridized carbons (Fsp3) is 0.786. The molecule has 0 amide bonds. The van der Waals surface area contributed by atoms with Gasteiger partial charge in [-0.2, -0.15) is 0 Å². The van der Waals surface area contributed by atoms with E-state index in [2.05, 4.69) is 29.2 Å². The summed E-state index contributed by atoms with van der Waals surface area (Å²) in [6.45, 7) is 3.65. The number of rotatable bonds is 5. The molecular weight excluding hydrogens is 258 g/mol. The van der Waals surface area contributed by atoms with Crippen LogP contribution in [0.4, 0.5) is 0 Å².